The maximum Gasteiger partial charge on any atom is 0.140 e. The third-order valence-corrected chi connectivity index (χ3v) is 2.05. The zero-order valence-corrected chi connectivity index (χ0v) is 7.65. The molecule has 60 valence electrons. The van der Waals surface area contributed by atoms with E-state index in [0.717, 1.165) is 0 Å². The van der Waals surface area contributed by atoms with Gasteiger partial charge in [0.25, 0.3) is 0 Å². The number of phenols is 1. The summed E-state index contributed by atoms with van der Waals surface area (Å²) >= 11 is 3.00. The van der Waals surface area contributed by atoms with Crippen molar-refractivity contribution in [1.82, 2.24) is 0 Å². The first-order valence-electron chi connectivity index (χ1n) is 3.32. The van der Waals surface area contributed by atoms with E-state index in [1.165, 1.54) is 12.1 Å². The van der Waals surface area contributed by atoms with Gasteiger partial charge in [0.2, 0.25) is 0 Å². The average molecular weight is 219 g/mol. The molecule has 1 aromatic carbocycles. The fourth-order valence-electron chi connectivity index (χ4n) is 0.887. The Labute approximate surface area is 73.0 Å². The van der Waals surface area contributed by atoms with E-state index in [1.807, 2.05) is 6.92 Å². The Bertz CT molecular complexity index is 273. The summed E-state index contributed by atoms with van der Waals surface area (Å²) in [6.07, 6.45) is 0.582. The van der Waals surface area contributed by atoms with Crippen LogP contribution < -0.4 is 0 Å². The van der Waals surface area contributed by atoms with Crippen molar-refractivity contribution >= 4 is 15.9 Å². The Morgan fingerprint density at radius 2 is 2.18 bits per heavy atom. The van der Waals surface area contributed by atoms with Crippen LogP contribution in [0.3, 0.4) is 0 Å². The van der Waals surface area contributed by atoms with E-state index in [-0.39, 0.29) is 11.6 Å². The van der Waals surface area contributed by atoms with Crippen molar-refractivity contribution in [3.63, 3.8) is 0 Å². The van der Waals surface area contributed by atoms with E-state index in [0.29, 0.717) is 16.5 Å². The van der Waals surface area contributed by atoms with Gasteiger partial charge in [0.1, 0.15) is 11.6 Å². The Morgan fingerprint density at radius 3 is 2.73 bits per heavy atom. The first kappa shape index (κ1) is 8.53. The van der Waals surface area contributed by atoms with Crippen molar-refractivity contribution in [1.29, 1.82) is 0 Å². The second-order valence-electron chi connectivity index (χ2n) is 2.25. The molecule has 0 amide bonds. The van der Waals surface area contributed by atoms with Crippen LogP contribution in [0.2, 0.25) is 0 Å². The molecule has 1 nitrogen and oxygen atoms in total. The third-order valence-electron chi connectivity index (χ3n) is 1.47. The minimum Gasteiger partial charge on any atom is -0.508 e. The second kappa shape index (κ2) is 3.22. The van der Waals surface area contributed by atoms with Crippen molar-refractivity contribution in [2.45, 2.75) is 13.3 Å². The van der Waals surface area contributed by atoms with Gasteiger partial charge in [-0.2, -0.15) is 0 Å². The molecule has 0 radical (unpaired) electrons. The standard InChI is InChI=1S/C8H8BrFO/c1-2-5-3-6(11)4-7(9)8(5)10/h3-4,11H,2H2,1H3. The van der Waals surface area contributed by atoms with Gasteiger partial charge in [-0.25, -0.2) is 4.39 Å². The third kappa shape index (κ3) is 1.71. The highest BCUT2D eigenvalue weighted by Gasteiger charge is 2.05. The minimum atomic E-state index is -0.287. The van der Waals surface area contributed by atoms with Crippen molar-refractivity contribution in [2.75, 3.05) is 0 Å². The molecule has 1 N–H and O–H groups in total. The molecule has 0 fully saturated rings. The number of hydrogen-bond donors (Lipinski definition) is 1. The van der Waals surface area contributed by atoms with Gasteiger partial charge < -0.3 is 5.11 Å². The van der Waals surface area contributed by atoms with Gasteiger partial charge in [-0.15, -0.1) is 0 Å². The molecule has 0 aromatic heterocycles. The number of benzene rings is 1. The van der Waals surface area contributed by atoms with Gasteiger partial charge in [-0.05, 0) is 40.0 Å². The van der Waals surface area contributed by atoms with Gasteiger partial charge in [0, 0.05) is 0 Å². The average Bonchev–Trinajstić information content (AvgIpc) is 1.96. The molecule has 0 saturated heterocycles. The largest absolute Gasteiger partial charge is 0.508 e. The van der Waals surface area contributed by atoms with E-state index in [4.69, 9.17) is 5.11 Å². The van der Waals surface area contributed by atoms with E-state index in [2.05, 4.69) is 15.9 Å². The zero-order valence-electron chi connectivity index (χ0n) is 6.06. The summed E-state index contributed by atoms with van der Waals surface area (Å²) in [7, 11) is 0. The molecule has 0 bridgehead atoms. The Hall–Kier alpha value is -0.570. The molecule has 0 unspecified atom stereocenters. The summed E-state index contributed by atoms with van der Waals surface area (Å²) in [6.45, 7) is 1.84. The van der Waals surface area contributed by atoms with Crippen molar-refractivity contribution in [2.24, 2.45) is 0 Å². The number of rotatable bonds is 1. The highest BCUT2D eigenvalue weighted by atomic mass is 79.9. The van der Waals surface area contributed by atoms with Crippen LogP contribution in [0.5, 0.6) is 5.75 Å². The summed E-state index contributed by atoms with van der Waals surface area (Å²) in [5, 5.41) is 9.05. The van der Waals surface area contributed by atoms with E-state index >= 15 is 0 Å². The predicted octanol–water partition coefficient (Wildman–Crippen LogP) is 2.86. The first-order valence-corrected chi connectivity index (χ1v) is 4.11. The quantitative estimate of drug-likeness (QED) is 0.769. The summed E-state index contributed by atoms with van der Waals surface area (Å²) in [6, 6.07) is 2.77. The number of hydrogen-bond acceptors (Lipinski definition) is 1. The number of aromatic hydroxyl groups is 1. The molecule has 0 aliphatic heterocycles. The van der Waals surface area contributed by atoms with Gasteiger partial charge in [-0.3, -0.25) is 0 Å². The maximum atomic E-state index is 13.0. The summed E-state index contributed by atoms with van der Waals surface area (Å²) in [5.74, 6) is -0.194. The second-order valence-corrected chi connectivity index (χ2v) is 3.11. The minimum absolute atomic E-state index is 0.0927. The topological polar surface area (TPSA) is 20.2 Å². The van der Waals surface area contributed by atoms with Crippen molar-refractivity contribution < 1.29 is 9.50 Å². The lowest BCUT2D eigenvalue weighted by molar-refractivity contribution is 0.470. The zero-order chi connectivity index (χ0) is 8.43. The van der Waals surface area contributed by atoms with E-state index in [1.54, 1.807) is 0 Å². The fraction of sp³-hybridized carbons (Fsp3) is 0.250. The monoisotopic (exact) mass is 218 g/mol. The molecule has 0 aliphatic carbocycles. The lowest BCUT2D eigenvalue weighted by atomic mass is 10.1. The van der Waals surface area contributed by atoms with Crippen LogP contribution in [0.25, 0.3) is 0 Å². The van der Waals surface area contributed by atoms with E-state index in [9.17, 15) is 4.39 Å². The smallest absolute Gasteiger partial charge is 0.140 e. The SMILES string of the molecule is CCc1cc(O)cc(Br)c1F. The van der Waals surface area contributed by atoms with Crippen molar-refractivity contribution in [3.8, 4) is 5.75 Å². The van der Waals surface area contributed by atoms with Crippen LogP contribution in [0.1, 0.15) is 12.5 Å². The Kier molecular flexibility index (Phi) is 2.49. The molecule has 3 heteroatoms. The predicted molar refractivity (Wildman–Crippen MR) is 45.1 cm³/mol. The maximum absolute atomic E-state index is 13.0. The fourth-order valence-corrected chi connectivity index (χ4v) is 1.38. The molecule has 1 rings (SSSR count). The molecule has 1 aromatic rings. The molecular formula is C8H8BrFO. The van der Waals surface area contributed by atoms with Crippen LogP contribution in [0, 0.1) is 5.82 Å². The molecule has 11 heavy (non-hydrogen) atoms. The Balaban J connectivity index is 3.24. The molecule has 0 atom stereocenters. The molecule has 0 spiro atoms. The van der Waals surface area contributed by atoms with Crippen molar-refractivity contribution in [3.05, 3.63) is 28.0 Å². The number of halogens is 2. The van der Waals surface area contributed by atoms with Gasteiger partial charge in [-0.1, -0.05) is 6.92 Å². The highest BCUT2D eigenvalue weighted by molar-refractivity contribution is 9.10. The normalized spacial score (nSPS) is 10.1. The number of aryl methyl sites for hydroxylation is 1. The molecular weight excluding hydrogens is 211 g/mol. The lowest BCUT2D eigenvalue weighted by Crippen LogP contribution is -1.88. The Morgan fingerprint density at radius 1 is 1.55 bits per heavy atom. The first-order chi connectivity index (χ1) is 5.15. The molecule has 0 aliphatic rings. The van der Waals surface area contributed by atoms with Crippen LogP contribution in [-0.2, 0) is 6.42 Å². The van der Waals surface area contributed by atoms with Crippen LogP contribution >= 0.6 is 15.9 Å². The molecule has 0 saturated carbocycles. The van der Waals surface area contributed by atoms with Gasteiger partial charge >= 0.3 is 0 Å². The van der Waals surface area contributed by atoms with Gasteiger partial charge in [0.15, 0.2) is 0 Å². The van der Waals surface area contributed by atoms with Crippen LogP contribution in [-0.4, -0.2) is 5.11 Å². The van der Waals surface area contributed by atoms with Crippen LogP contribution in [0.4, 0.5) is 4.39 Å². The summed E-state index contributed by atoms with van der Waals surface area (Å²) in [4.78, 5) is 0. The van der Waals surface area contributed by atoms with Gasteiger partial charge in [0.05, 0.1) is 4.47 Å². The van der Waals surface area contributed by atoms with E-state index < -0.39 is 0 Å². The van der Waals surface area contributed by atoms with Crippen LogP contribution in [0.15, 0.2) is 16.6 Å². The summed E-state index contributed by atoms with van der Waals surface area (Å²) < 4.78 is 13.3. The number of phenolic OH excluding ortho intramolecular Hbond substituents is 1. The highest BCUT2D eigenvalue weighted by Crippen LogP contribution is 2.24. The lowest BCUT2D eigenvalue weighted by Gasteiger charge is -2.02. The summed E-state index contributed by atoms with van der Waals surface area (Å²) in [5.41, 5.74) is 0.525. The molecule has 0 heterocycles.